The van der Waals surface area contributed by atoms with Gasteiger partial charge in [0.25, 0.3) is 5.91 Å². The smallest absolute Gasteiger partial charge is 0.251 e. The van der Waals surface area contributed by atoms with E-state index in [0.717, 1.165) is 44.8 Å². The maximum Gasteiger partial charge on any atom is 0.251 e. The fourth-order valence-electron chi connectivity index (χ4n) is 4.59. The van der Waals surface area contributed by atoms with Gasteiger partial charge in [-0.2, -0.15) is 0 Å². The van der Waals surface area contributed by atoms with Crippen molar-refractivity contribution < 1.29 is 9.59 Å². The van der Waals surface area contributed by atoms with Crippen LogP contribution in [0.2, 0.25) is 0 Å². The molecule has 8 nitrogen and oxygen atoms in total. The molecule has 0 unspecified atom stereocenters. The van der Waals surface area contributed by atoms with E-state index < -0.39 is 0 Å². The molecule has 0 aliphatic carbocycles. The van der Waals surface area contributed by atoms with Crippen LogP contribution in [0, 0.1) is 5.92 Å². The first-order valence-electron chi connectivity index (χ1n) is 11.9. The van der Waals surface area contributed by atoms with Gasteiger partial charge >= 0.3 is 0 Å². The van der Waals surface area contributed by atoms with E-state index >= 15 is 0 Å². The summed E-state index contributed by atoms with van der Waals surface area (Å²) in [4.78, 5) is 33.6. The van der Waals surface area contributed by atoms with Crippen molar-refractivity contribution in [2.75, 3.05) is 17.2 Å². The summed E-state index contributed by atoms with van der Waals surface area (Å²) in [6.07, 6.45) is 2.81. The molecule has 0 saturated carbocycles. The van der Waals surface area contributed by atoms with Gasteiger partial charge in [-0.15, -0.1) is 0 Å². The van der Waals surface area contributed by atoms with Crippen molar-refractivity contribution in [2.45, 2.75) is 20.4 Å². The minimum Gasteiger partial charge on any atom is -0.365 e. The van der Waals surface area contributed by atoms with Crippen molar-refractivity contribution in [3.05, 3.63) is 72.6 Å². The molecule has 0 spiro atoms. The summed E-state index contributed by atoms with van der Waals surface area (Å²) in [5.74, 6) is 0.797. The molecule has 3 heterocycles. The van der Waals surface area contributed by atoms with Gasteiger partial charge in [-0.1, -0.05) is 38.6 Å². The number of rotatable bonds is 6. The Bertz CT molecular complexity index is 1500. The highest BCUT2D eigenvalue weighted by atomic mass is 16.2. The molecular formula is C28H28N6O2. The monoisotopic (exact) mass is 480 g/mol. The van der Waals surface area contributed by atoms with E-state index in [4.69, 9.17) is 0 Å². The molecule has 5 rings (SSSR count). The number of hydrogen-bond donors (Lipinski definition) is 3. The first kappa shape index (κ1) is 23.3. The number of nitrogens with zero attached hydrogens (tertiary/aromatic N) is 3. The zero-order valence-corrected chi connectivity index (χ0v) is 20.6. The second-order valence-electron chi connectivity index (χ2n) is 9.30. The number of aryl methyl sites for hydroxylation is 1. The number of hydrogen-bond acceptors (Lipinski definition) is 5. The van der Waals surface area contributed by atoms with Crippen LogP contribution in [0.1, 0.15) is 29.8 Å². The van der Waals surface area contributed by atoms with E-state index in [0.29, 0.717) is 30.3 Å². The summed E-state index contributed by atoms with van der Waals surface area (Å²) in [5, 5.41) is 10.2. The van der Waals surface area contributed by atoms with Gasteiger partial charge in [0.15, 0.2) is 0 Å². The summed E-state index contributed by atoms with van der Waals surface area (Å²) in [7, 11) is 1.99. The molecular weight excluding hydrogens is 452 g/mol. The van der Waals surface area contributed by atoms with E-state index in [1.54, 1.807) is 6.33 Å². The molecule has 0 bridgehead atoms. The zero-order chi connectivity index (χ0) is 25.4. The number of fused-ring (bicyclic) bond motifs is 2. The molecule has 4 aromatic rings. The summed E-state index contributed by atoms with van der Waals surface area (Å²) < 4.78 is 2.06. The minimum absolute atomic E-state index is 0.0800. The predicted octanol–water partition coefficient (Wildman–Crippen LogP) is 4.74. The van der Waals surface area contributed by atoms with E-state index in [1.807, 2.05) is 49.5 Å². The number of benzene rings is 2. The fourth-order valence-corrected chi connectivity index (χ4v) is 4.59. The lowest BCUT2D eigenvalue weighted by molar-refractivity contribution is -0.111. The summed E-state index contributed by atoms with van der Waals surface area (Å²) >= 11 is 0. The number of nitrogens with one attached hydrogen (secondary N) is 3. The lowest BCUT2D eigenvalue weighted by Crippen LogP contribution is -2.27. The second kappa shape index (κ2) is 9.30. The maximum atomic E-state index is 12.8. The Kier molecular flexibility index (Phi) is 6.01. The van der Waals surface area contributed by atoms with Crippen LogP contribution in [-0.2, 0) is 18.4 Å². The number of carbonyl (C=O) groups excluding carboxylic acids is 2. The fraction of sp³-hybridized carbons (Fsp3) is 0.214. The Labute approximate surface area is 209 Å². The van der Waals surface area contributed by atoms with Crippen molar-refractivity contribution in [3.63, 3.8) is 0 Å². The third-order valence-corrected chi connectivity index (χ3v) is 6.33. The standard InChI is InChI=1S/C28H28N6O2/c1-5-22(35)33-20-9-6-17(7-10-20)25-23-21-11-8-18(28(36)30-13-16(2)3)12-19(21)14-29-26-24(23)27(34(25)4)32-15-31-26/h5-12,15-16H,1,13-14H2,2-4H3,(H,30,36)(H,33,35)(H,29,31,32). The average Bonchev–Trinajstić information content (AvgIpc) is 3.08. The van der Waals surface area contributed by atoms with E-state index in [-0.39, 0.29) is 11.8 Å². The van der Waals surface area contributed by atoms with Crippen LogP contribution in [0.5, 0.6) is 0 Å². The number of aromatic nitrogens is 3. The highest BCUT2D eigenvalue weighted by Crippen LogP contribution is 2.45. The number of anilines is 2. The molecule has 0 fully saturated rings. The second-order valence-corrected chi connectivity index (χ2v) is 9.30. The van der Waals surface area contributed by atoms with Gasteiger partial charge in [0.2, 0.25) is 5.91 Å². The Morgan fingerprint density at radius 1 is 1.17 bits per heavy atom. The van der Waals surface area contributed by atoms with Crippen LogP contribution in [0.25, 0.3) is 33.4 Å². The lowest BCUT2D eigenvalue weighted by Gasteiger charge is -2.14. The molecule has 3 N–H and O–H groups in total. The van der Waals surface area contributed by atoms with Gasteiger partial charge in [-0.3, -0.25) is 9.59 Å². The zero-order valence-electron chi connectivity index (χ0n) is 20.6. The first-order valence-corrected chi connectivity index (χ1v) is 11.9. The Hall–Kier alpha value is -4.46. The maximum absolute atomic E-state index is 12.8. The van der Waals surface area contributed by atoms with Gasteiger partial charge in [-0.25, -0.2) is 9.97 Å². The Morgan fingerprint density at radius 3 is 2.67 bits per heavy atom. The first-order chi connectivity index (χ1) is 17.4. The molecule has 2 amide bonds. The van der Waals surface area contributed by atoms with Gasteiger partial charge in [0.1, 0.15) is 17.8 Å². The van der Waals surface area contributed by atoms with Gasteiger partial charge in [0.05, 0.1) is 11.1 Å². The summed E-state index contributed by atoms with van der Waals surface area (Å²) in [6.45, 7) is 8.81. The highest BCUT2D eigenvalue weighted by molar-refractivity contribution is 6.10. The highest BCUT2D eigenvalue weighted by Gasteiger charge is 2.26. The third-order valence-electron chi connectivity index (χ3n) is 6.33. The molecule has 0 atom stereocenters. The summed E-state index contributed by atoms with van der Waals surface area (Å²) in [5.41, 5.74) is 7.13. The quantitative estimate of drug-likeness (QED) is 0.346. The van der Waals surface area contributed by atoms with Crippen LogP contribution in [0.3, 0.4) is 0 Å². The van der Waals surface area contributed by atoms with Crippen LogP contribution >= 0.6 is 0 Å². The summed E-state index contributed by atoms with van der Waals surface area (Å²) in [6, 6.07) is 13.5. The van der Waals surface area contributed by atoms with Crippen LogP contribution < -0.4 is 16.0 Å². The van der Waals surface area contributed by atoms with Crippen LogP contribution in [-0.4, -0.2) is 32.9 Å². The molecule has 8 heteroatoms. The normalized spacial score (nSPS) is 12.0. The lowest BCUT2D eigenvalue weighted by atomic mass is 9.94. The topological polar surface area (TPSA) is 101 Å². The van der Waals surface area contributed by atoms with Crippen molar-refractivity contribution in [1.29, 1.82) is 0 Å². The molecule has 0 radical (unpaired) electrons. The van der Waals surface area contributed by atoms with E-state index in [9.17, 15) is 9.59 Å². The Balaban J connectivity index is 1.64. The third kappa shape index (κ3) is 4.11. The van der Waals surface area contributed by atoms with Crippen molar-refractivity contribution >= 4 is 34.4 Å². The predicted molar refractivity (Wildman–Crippen MR) is 143 cm³/mol. The van der Waals surface area contributed by atoms with Crippen molar-refractivity contribution in [3.8, 4) is 22.4 Å². The van der Waals surface area contributed by atoms with E-state index in [2.05, 4.69) is 50.9 Å². The minimum atomic E-state index is -0.257. The SMILES string of the molecule is C=CC(=O)Nc1ccc(-c2c3c4c(ncnc4n2C)NCc2cc(C(=O)NCC(C)C)ccc2-3)cc1. The molecule has 1 aliphatic rings. The average molecular weight is 481 g/mol. The molecule has 1 aliphatic heterocycles. The molecule has 36 heavy (non-hydrogen) atoms. The molecule has 0 saturated heterocycles. The Morgan fingerprint density at radius 2 is 1.94 bits per heavy atom. The van der Waals surface area contributed by atoms with Gasteiger partial charge in [-0.05, 0) is 52.9 Å². The molecule has 2 aromatic heterocycles. The van der Waals surface area contributed by atoms with Gasteiger partial charge < -0.3 is 20.5 Å². The number of amides is 2. The molecule has 182 valence electrons. The van der Waals surface area contributed by atoms with E-state index in [1.165, 1.54) is 6.08 Å². The largest absolute Gasteiger partial charge is 0.365 e. The van der Waals surface area contributed by atoms with Crippen LogP contribution in [0.15, 0.2) is 61.4 Å². The van der Waals surface area contributed by atoms with Crippen molar-refractivity contribution in [1.82, 2.24) is 19.9 Å². The van der Waals surface area contributed by atoms with Gasteiger partial charge in [0, 0.05) is 37.0 Å². The van der Waals surface area contributed by atoms with Crippen LogP contribution in [0.4, 0.5) is 11.5 Å². The number of carbonyl (C=O) groups is 2. The van der Waals surface area contributed by atoms with Crippen molar-refractivity contribution in [2.24, 2.45) is 13.0 Å². The molecule has 2 aromatic carbocycles.